The molecule has 0 unspecified atom stereocenters. The molecule has 0 fully saturated rings. The van der Waals surface area contributed by atoms with Crippen molar-refractivity contribution in [2.75, 3.05) is 0 Å². The molecule has 6 aromatic heterocycles. The third-order valence-corrected chi connectivity index (χ3v) is 17.2. The molecule has 7 nitrogen and oxygen atoms in total. The normalized spacial score (nSPS) is 12.2. The molecule has 0 saturated heterocycles. The van der Waals surface area contributed by atoms with Crippen molar-refractivity contribution in [3.63, 3.8) is 0 Å². The Morgan fingerprint density at radius 1 is 0.337 bits per heavy atom. The number of nitrogens with zero attached hydrogens (tertiary/aromatic N) is 6. The second-order valence-electron chi connectivity index (χ2n) is 24.5. The fraction of sp³-hybridized carbons (Fsp3) is 0.103. The summed E-state index contributed by atoms with van der Waals surface area (Å²) in [7, 11) is 0. The largest absolute Gasteiger partial charge is 2.00 e. The van der Waals surface area contributed by atoms with Crippen molar-refractivity contribution in [3.8, 4) is 56.8 Å². The summed E-state index contributed by atoms with van der Waals surface area (Å²) >= 11 is 0. The molecule has 0 radical (unpaired) electrons. The molecule has 0 bridgehead atoms. The van der Waals surface area contributed by atoms with Crippen LogP contribution in [0.25, 0.3) is 132 Å². The van der Waals surface area contributed by atoms with E-state index in [1.165, 1.54) is 60.3 Å². The summed E-state index contributed by atoms with van der Waals surface area (Å²) in [5, 5.41) is 9.17. The molecule has 0 spiro atoms. The zero-order valence-electron chi connectivity index (χ0n) is 48.5. The quantitative estimate of drug-likeness (QED) is 0.143. The zero-order valence-corrected chi connectivity index (χ0v) is 50.8. The Kier molecular flexibility index (Phi) is 12.4. The van der Waals surface area contributed by atoms with Gasteiger partial charge < -0.3 is 23.0 Å². The van der Waals surface area contributed by atoms with Crippen molar-refractivity contribution in [3.05, 3.63) is 266 Å². The summed E-state index contributed by atoms with van der Waals surface area (Å²) < 4.78 is 16.2. The summed E-state index contributed by atoms with van der Waals surface area (Å²) in [5.74, 6) is 2.78. The summed E-state index contributed by atoms with van der Waals surface area (Å²) in [6.45, 7) is 13.5. The molecule has 0 atom stereocenters. The fourth-order valence-corrected chi connectivity index (χ4v) is 13.0. The van der Waals surface area contributed by atoms with Gasteiger partial charge in [-0.25, -0.2) is 9.97 Å². The van der Waals surface area contributed by atoms with Gasteiger partial charge in [0.1, 0.15) is 11.6 Å². The SMILES string of the molecule is CC(C)(C)c1ccnc(-n2c3[c-]c(Oc4[c-]c5c(cc4)c4cc(-c6cccc7c6c6ccccc6n7-c6ccccc6)ccc4n5-c4cc(C(C)(C)C)ccn4)ccc3c3cc(-c4ccc5c(c4)c4ccccc4n5-c4ccccc4)ccc32)c1.[Pt+2]. The summed E-state index contributed by atoms with van der Waals surface area (Å²) in [5.41, 5.74) is 17.6. The number of benzene rings is 10. The maximum absolute atomic E-state index is 6.97. The number of rotatable bonds is 8. The number of aromatic nitrogens is 6. The maximum atomic E-state index is 6.97. The van der Waals surface area contributed by atoms with Crippen molar-refractivity contribution < 1.29 is 25.8 Å². The minimum Gasteiger partial charge on any atom is -0.509 e. The Balaban J connectivity index is 0.00000625. The van der Waals surface area contributed by atoms with E-state index in [0.29, 0.717) is 11.5 Å². The van der Waals surface area contributed by atoms with Crippen LogP contribution in [0, 0.1) is 12.1 Å². The molecule has 6 heterocycles. The molecule has 86 heavy (non-hydrogen) atoms. The van der Waals surface area contributed by atoms with Crippen LogP contribution >= 0.6 is 0 Å². The van der Waals surface area contributed by atoms with Crippen molar-refractivity contribution >= 4 is 87.2 Å². The molecule has 0 amide bonds. The van der Waals surface area contributed by atoms with Gasteiger partial charge in [0.15, 0.2) is 0 Å². The van der Waals surface area contributed by atoms with Gasteiger partial charge in [0.25, 0.3) is 0 Å². The summed E-state index contributed by atoms with van der Waals surface area (Å²) in [6, 6.07) is 90.5. The Morgan fingerprint density at radius 2 is 0.756 bits per heavy atom. The molecule has 16 rings (SSSR count). The molecule has 0 N–H and O–H groups in total. The summed E-state index contributed by atoms with van der Waals surface area (Å²) in [4.78, 5) is 10.1. The third kappa shape index (κ3) is 8.58. The van der Waals surface area contributed by atoms with Gasteiger partial charge in [0, 0.05) is 67.8 Å². The monoisotopic (exact) mass is 1290 g/mol. The summed E-state index contributed by atoms with van der Waals surface area (Å²) in [6.07, 6.45) is 3.85. The van der Waals surface area contributed by atoms with E-state index in [-0.39, 0.29) is 31.9 Å². The fourth-order valence-electron chi connectivity index (χ4n) is 13.0. The topological polar surface area (TPSA) is 54.7 Å². The predicted molar refractivity (Wildman–Crippen MR) is 352 cm³/mol. The number of pyridine rings is 2. The number of para-hydroxylation sites is 4. The smallest absolute Gasteiger partial charge is 0.509 e. The first-order chi connectivity index (χ1) is 41.4. The number of hydrogen-bond acceptors (Lipinski definition) is 3. The second-order valence-corrected chi connectivity index (χ2v) is 24.5. The molecular weight excluding hydrogens is 1230 g/mol. The second kappa shape index (κ2) is 20.2. The number of hydrogen-bond donors (Lipinski definition) is 0. The molecule has 8 heteroatoms. The minimum absolute atomic E-state index is 0. The van der Waals surface area contributed by atoms with Crippen LogP contribution in [0.15, 0.2) is 243 Å². The molecule has 0 aliphatic carbocycles. The van der Waals surface area contributed by atoms with Gasteiger partial charge >= 0.3 is 21.1 Å². The van der Waals surface area contributed by atoms with Crippen molar-refractivity contribution in [1.29, 1.82) is 0 Å². The molecular formula is C78H58N6OPt. The van der Waals surface area contributed by atoms with Crippen LogP contribution in [-0.2, 0) is 31.9 Å². The van der Waals surface area contributed by atoms with E-state index in [2.05, 4.69) is 290 Å². The van der Waals surface area contributed by atoms with Crippen LogP contribution in [0.5, 0.6) is 11.5 Å². The number of ether oxygens (including phenoxy) is 1. The van der Waals surface area contributed by atoms with Crippen molar-refractivity contribution in [1.82, 2.24) is 28.2 Å². The Labute approximate surface area is 513 Å². The molecule has 0 saturated carbocycles. The first-order valence-corrected chi connectivity index (χ1v) is 29.2. The Hall–Kier alpha value is -9.81. The van der Waals surface area contributed by atoms with Gasteiger partial charge in [0.05, 0.1) is 22.1 Å². The Morgan fingerprint density at radius 3 is 1.29 bits per heavy atom. The predicted octanol–water partition coefficient (Wildman–Crippen LogP) is 20.2. The minimum atomic E-state index is -0.0961. The van der Waals surface area contributed by atoms with Gasteiger partial charge in [-0.05, 0) is 146 Å². The average Bonchev–Trinajstić information content (AvgIpc) is 2.03. The van der Waals surface area contributed by atoms with E-state index < -0.39 is 0 Å². The first-order valence-electron chi connectivity index (χ1n) is 29.2. The third-order valence-electron chi connectivity index (χ3n) is 17.2. The van der Waals surface area contributed by atoms with Gasteiger partial charge in [-0.1, -0.05) is 168 Å². The van der Waals surface area contributed by atoms with Crippen LogP contribution in [0.1, 0.15) is 52.7 Å². The first kappa shape index (κ1) is 53.0. The maximum Gasteiger partial charge on any atom is 2.00 e. The number of fused-ring (bicyclic) bond motifs is 12. The Bertz CT molecular complexity index is 5360. The molecule has 16 aromatic rings. The molecule has 0 aliphatic rings. The van der Waals surface area contributed by atoms with Crippen molar-refractivity contribution in [2.45, 2.75) is 52.4 Å². The van der Waals surface area contributed by atoms with Crippen LogP contribution in [0.2, 0.25) is 0 Å². The van der Waals surface area contributed by atoms with Crippen molar-refractivity contribution in [2.24, 2.45) is 0 Å². The van der Waals surface area contributed by atoms with Crippen LogP contribution in [-0.4, -0.2) is 28.2 Å². The van der Waals surface area contributed by atoms with Crippen LogP contribution < -0.4 is 4.74 Å². The van der Waals surface area contributed by atoms with Crippen LogP contribution in [0.4, 0.5) is 0 Å². The van der Waals surface area contributed by atoms with Gasteiger partial charge in [-0.15, -0.1) is 35.0 Å². The van der Waals surface area contributed by atoms with Gasteiger partial charge in [-0.3, -0.25) is 0 Å². The zero-order chi connectivity index (χ0) is 57.3. The molecule has 10 aromatic carbocycles. The van der Waals surface area contributed by atoms with E-state index in [1.54, 1.807) is 0 Å². The van der Waals surface area contributed by atoms with Gasteiger partial charge in [-0.2, -0.15) is 12.1 Å². The molecule has 0 aliphatic heterocycles. The van der Waals surface area contributed by atoms with Gasteiger partial charge in [0.2, 0.25) is 0 Å². The molecule has 416 valence electrons. The van der Waals surface area contributed by atoms with E-state index in [0.717, 1.165) is 83.3 Å². The van der Waals surface area contributed by atoms with Crippen LogP contribution in [0.3, 0.4) is 0 Å². The van der Waals surface area contributed by atoms with E-state index in [4.69, 9.17) is 14.7 Å². The van der Waals surface area contributed by atoms with E-state index in [1.807, 2.05) is 24.5 Å². The average molecular weight is 1290 g/mol. The van der Waals surface area contributed by atoms with E-state index in [9.17, 15) is 0 Å². The standard InChI is InChI=1S/C78H58N6O.Pt/c1-77(2,3)52-38-40-79-74(45-52)83-69-36-29-50(49-28-35-68-63(42-49)59-22-13-15-25-66(59)81(68)54-18-9-7-10-19-54)43-64(69)60-33-31-56(47-72(60)83)85-57-32-34-61-65-44-51(30-37-70(65)84(73(61)48-57)75-46-53(39-41-80-75)78(4,5)6)58-24-17-27-71-76(58)62-23-14-16-26-67(62)82(71)55-20-11-8-12-21-55;/h7-46H,1-6H3;/q-2;+2. The van der Waals surface area contributed by atoms with E-state index >= 15 is 0 Å².